The fraction of sp³-hybridized carbons (Fsp3) is 0.231. The van der Waals surface area contributed by atoms with E-state index in [4.69, 9.17) is 4.74 Å². The highest BCUT2D eigenvalue weighted by Crippen LogP contribution is 2.02. The molecule has 0 atom stereocenters. The second kappa shape index (κ2) is 8.33. The van der Waals surface area contributed by atoms with Crippen LogP contribution in [0.4, 0.5) is 0 Å². The highest BCUT2D eigenvalue weighted by molar-refractivity contribution is 5.70. The smallest absolute Gasteiger partial charge is 0.306 e. The van der Waals surface area contributed by atoms with Crippen molar-refractivity contribution < 1.29 is 14.3 Å². The van der Waals surface area contributed by atoms with Gasteiger partial charge >= 0.3 is 5.97 Å². The molecule has 0 heterocycles. The number of nitrogens with one attached hydrogen (secondary N) is 1. The van der Waals surface area contributed by atoms with E-state index >= 15 is 0 Å². The van der Waals surface area contributed by atoms with E-state index in [1.54, 1.807) is 6.42 Å². The standard InChI is InChI=1S/C13H14NO3/c15-11-14-9-5-4-8-13(16)17-10-12-6-2-1-3-7-12/h1-3,5-7,11H,8-10H2,(H,14,15). The van der Waals surface area contributed by atoms with Crippen molar-refractivity contribution >= 4 is 12.4 Å². The molecule has 0 aliphatic heterocycles. The van der Waals surface area contributed by atoms with E-state index in [-0.39, 0.29) is 19.0 Å². The van der Waals surface area contributed by atoms with Crippen molar-refractivity contribution in [1.29, 1.82) is 0 Å². The number of benzene rings is 1. The Kier molecular flexibility index (Phi) is 6.48. The quantitative estimate of drug-likeness (QED) is 0.415. The second-order valence-electron chi connectivity index (χ2n) is 3.26. The lowest BCUT2D eigenvalue weighted by Gasteiger charge is -2.04. The summed E-state index contributed by atoms with van der Waals surface area (Å²) in [4.78, 5) is 21.2. The number of unbranched alkanes of at least 4 members (excludes halogenated alkanes) is 1. The molecule has 4 heteroatoms. The number of amides is 1. The number of carbonyl (C=O) groups excluding carboxylic acids is 2. The lowest BCUT2D eigenvalue weighted by atomic mass is 10.2. The van der Waals surface area contributed by atoms with Crippen molar-refractivity contribution in [2.45, 2.75) is 13.0 Å². The Labute approximate surface area is 101 Å². The van der Waals surface area contributed by atoms with E-state index in [1.165, 1.54) is 0 Å². The SMILES string of the molecule is O=CNC[CH][C]CC(=O)OCc1ccccc1. The van der Waals surface area contributed by atoms with Crippen LogP contribution in [0.1, 0.15) is 12.0 Å². The minimum absolute atomic E-state index is 0.0906. The zero-order valence-corrected chi connectivity index (χ0v) is 9.39. The molecule has 4 nitrogen and oxygen atoms in total. The zero-order chi connectivity index (χ0) is 12.3. The Hall–Kier alpha value is -1.84. The average Bonchev–Trinajstić information content (AvgIpc) is 2.37. The molecule has 0 fully saturated rings. The highest BCUT2D eigenvalue weighted by atomic mass is 16.5. The number of rotatable bonds is 8. The molecule has 17 heavy (non-hydrogen) atoms. The van der Waals surface area contributed by atoms with E-state index in [0.717, 1.165) is 5.56 Å². The lowest BCUT2D eigenvalue weighted by Crippen LogP contribution is -2.13. The van der Waals surface area contributed by atoms with Crippen LogP contribution in [0.15, 0.2) is 30.3 Å². The minimum Gasteiger partial charge on any atom is -0.461 e. The first-order valence-corrected chi connectivity index (χ1v) is 5.24. The lowest BCUT2D eigenvalue weighted by molar-refractivity contribution is -0.144. The van der Waals surface area contributed by atoms with Crippen molar-refractivity contribution in [3.8, 4) is 0 Å². The maximum absolute atomic E-state index is 11.3. The molecule has 0 saturated heterocycles. The van der Waals surface area contributed by atoms with Gasteiger partial charge in [-0.25, -0.2) is 0 Å². The van der Waals surface area contributed by atoms with E-state index < -0.39 is 0 Å². The molecule has 0 aromatic heterocycles. The fourth-order valence-electron chi connectivity index (χ4n) is 1.12. The molecule has 1 aromatic rings. The molecule has 1 rings (SSSR count). The monoisotopic (exact) mass is 232 g/mol. The van der Waals surface area contributed by atoms with Crippen LogP contribution in [-0.4, -0.2) is 18.9 Å². The van der Waals surface area contributed by atoms with Crippen molar-refractivity contribution in [1.82, 2.24) is 5.32 Å². The molecular weight excluding hydrogens is 218 g/mol. The molecular formula is C13H14NO3. The Morgan fingerprint density at radius 2 is 2.12 bits per heavy atom. The minimum atomic E-state index is -0.337. The molecule has 89 valence electrons. The van der Waals surface area contributed by atoms with Gasteiger partial charge in [-0.05, 0) is 18.4 Å². The summed E-state index contributed by atoms with van der Waals surface area (Å²) in [7, 11) is 0. The third kappa shape index (κ3) is 6.35. The summed E-state index contributed by atoms with van der Waals surface area (Å²) in [6, 6.07) is 9.46. The van der Waals surface area contributed by atoms with Gasteiger partial charge in [0.05, 0.1) is 6.42 Å². The van der Waals surface area contributed by atoms with Gasteiger partial charge in [0.2, 0.25) is 6.41 Å². The van der Waals surface area contributed by atoms with Gasteiger partial charge in [0, 0.05) is 6.54 Å². The molecule has 0 saturated carbocycles. The van der Waals surface area contributed by atoms with Crippen molar-refractivity contribution in [2.75, 3.05) is 6.54 Å². The van der Waals surface area contributed by atoms with Gasteiger partial charge in [-0.15, -0.1) is 0 Å². The summed E-state index contributed by atoms with van der Waals surface area (Å²) in [5.41, 5.74) is 0.951. The van der Waals surface area contributed by atoms with Gasteiger partial charge in [0.1, 0.15) is 6.61 Å². The summed E-state index contributed by atoms with van der Waals surface area (Å²) in [6.07, 6.45) is 5.00. The van der Waals surface area contributed by atoms with Crippen molar-refractivity contribution in [3.05, 3.63) is 48.7 Å². The van der Waals surface area contributed by atoms with Crippen LogP contribution in [-0.2, 0) is 20.9 Å². The molecule has 1 N–H and O–H groups in total. The largest absolute Gasteiger partial charge is 0.461 e. The Balaban J connectivity index is 2.07. The van der Waals surface area contributed by atoms with Crippen molar-refractivity contribution in [2.24, 2.45) is 0 Å². The third-order valence-electron chi connectivity index (χ3n) is 1.94. The van der Waals surface area contributed by atoms with Gasteiger partial charge in [-0.3, -0.25) is 9.59 Å². The van der Waals surface area contributed by atoms with E-state index in [1.807, 2.05) is 30.3 Å². The zero-order valence-electron chi connectivity index (χ0n) is 9.39. The Morgan fingerprint density at radius 3 is 2.82 bits per heavy atom. The summed E-state index contributed by atoms with van der Waals surface area (Å²) >= 11 is 0. The van der Waals surface area contributed by atoms with E-state index in [0.29, 0.717) is 13.0 Å². The molecule has 0 aliphatic carbocycles. The summed E-state index contributed by atoms with van der Waals surface area (Å²) in [6.45, 7) is 0.642. The van der Waals surface area contributed by atoms with Gasteiger partial charge in [0.15, 0.2) is 0 Å². The number of esters is 1. The predicted octanol–water partition coefficient (Wildman–Crippen LogP) is 1.15. The Bertz CT molecular complexity index is 338. The highest BCUT2D eigenvalue weighted by Gasteiger charge is 2.03. The molecule has 0 spiro atoms. The first-order valence-electron chi connectivity index (χ1n) is 5.24. The number of hydrogen-bond acceptors (Lipinski definition) is 3. The van der Waals surface area contributed by atoms with Crippen LogP contribution in [0.25, 0.3) is 0 Å². The van der Waals surface area contributed by atoms with Crippen LogP contribution in [0.2, 0.25) is 0 Å². The van der Waals surface area contributed by atoms with Gasteiger partial charge in [0.25, 0.3) is 0 Å². The number of carbonyl (C=O) groups is 2. The molecule has 0 aliphatic rings. The van der Waals surface area contributed by atoms with Crippen LogP contribution in [0.3, 0.4) is 0 Å². The fourth-order valence-corrected chi connectivity index (χ4v) is 1.12. The first kappa shape index (κ1) is 13.2. The van der Waals surface area contributed by atoms with Crippen LogP contribution in [0, 0.1) is 12.8 Å². The van der Waals surface area contributed by atoms with Gasteiger partial charge in [-0.1, -0.05) is 30.3 Å². The molecule has 1 amide bonds. The van der Waals surface area contributed by atoms with E-state index in [9.17, 15) is 9.59 Å². The topological polar surface area (TPSA) is 55.4 Å². The maximum atomic E-state index is 11.3. The summed E-state index contributed by atoms with van der Waals surface area (Å²) in [5, 5.41) is 2.43. The van der Waals surface area contributed by atoms with Crippen LogP contribution >= 0.6 is 0 Å². The van der Waals surface area contributed by atoms with Crippen LogP contribution in [0.5, 0.6) is 0 Å². The van der Waals surface area contributed by atoms with Gasteiger partial charge < -0.3 is 10.1 Å². The summed E-state index contributed by atoms with van der Waals surface area (Å²) < 4.78 is 5.02. The second-order valence-corrected chi connectivity index (χ2v) is 3.26. The summed E-state index contributed by atoms with van der Waals surface area (Å²) in [5.74, 6) is -0.337. The van der Waals surface area contributed by atoms with Crippen molar-refractivity contribution in [3.63, 3.8) is 0 Å². The molecule has 1 aromatic carbocycles. The normalized spacial score (nSPS) is 9.65. The molecule has 0 bridgehead atoms. The van der Waals surface area contributed by atoms with Crippen LogP contribution < -0.4 is 5.32 Å². The number of hydrogen-bond donors (Lipinski definition) is 1. The molecule has 0 unspecified atom stereocenters. The predicted molar refractivity (Wildman–Crippen MR) is 62.5 cm³/mol. The average molecular weight is 232 g/mol. The maximum Gasteiger partial charge on any atom is 0.306 e. The number of ether oxygens (including phenoxy) is 1. The third-order valence-corrected chi connectivity index (χ3v) is 1.94. The van der Waals surface area contributed by atoms with Gasteiger partial charge in [-0.2, -0.15) is 0 Å². The first-order chi connectivity index (χ1) is 8.33. The Morgan fingerprint density at radius 1 is 1.35 bits per heavy atom. The van der Waals surface area contributed by atoms with E-state index in [2.05, 4.69) is 11.7 Å². The molecule has 3 radical (unpaired) electrons.